The average Bonchev–Trinajstić information content (AvgIpc) is 3.57. The van der Waals surface area contributed by atoms with Crippen LogP contribution in [0.5, 0.6) is 0 Å². The summed E-state index contributed by atoms with van der Waals surface area (Å²) in [4.78, 5) is 29.4. The molecule has 4 rings (SSSR count). The van der Waals surface area contributed by atoms with E-state index in [0.29, 0.717) is 24.3 Å². The molecular formula is C26H35F2N5O3. The molecule has 1 aromatic carbocycles. The second kappa shape index (κ2) is 10.2. The molecule has 8 nitrogen and oxygen atoms in total. The van der Waals surface area contributed by atoms with E-state index in [-0.39, 0.29) is 24.9 Å². The normalized spacial score (nSPS) is 17.6. The predicted molar refractivity (Wildman–Crippen MR) is 130 cm³/mol. The van der Waals surface area contributed by atoms with Crippen molar-refractivity contribution < 1.29 is 23.1 Å². The van der Waals surface area contributed by atoms with Gasteiger partial charge in [-0.05, 0) is 52.0 Å². The van der Waals surface area contributed by atoms with Crippen LogP contribution in [0.2, 0.25) is 0 Å². The van der Waals surface area contributed by atoms with E-state index in [1.165, 1.54) is 6.20 Å². The summed E-state index contributed by atoms with van der Waals surface area (Å²) in [5.74, 6) is -0.322. The second-order valence-corrected chi connectivity index (χ2v) is 10.8. The van der Waals surface area contributed by atoms with Gasteiger partial charge in [0.25, 0.3) is 12.3 Å². The highest BCUT2D eigenvalue weighted by Gasteiger charge is 2.48. The van der Waals surface area contributed by atoms with E-state index in [1.807, 2.05) is 37.3 Å². The van der Waals surface area contributed by atoms with Crippen molar-refractivity contribution in [3.8, 4) is 0 Å². The molecule has 1 N–H and O–H groups in total. The summed E-state index contributed by atoms with van der Waals surface area (Å²) in [5, 5.41) is 7.42. The molecular weight excluding hydrogens is 468 g/mol. The zero-order valence-electron chi connectivity index (χ0n) is 21.3. The van der Waals surface area contributed by atoms with Crippen LogP contribution in [-0.2, 0) is 24.4 Å². The molecule has 0 bridgehead atoms. The van der Waals surface area contributed by atoms with Crippen LogP contribution in [0.25, 0.3) is 0 Å². The standard InChI is InChI=1S/C26H35F2N5O3/c1-25(2,3)36-24(35)31-12-13-33-21(16-31)20(14-29-33)23(34)30-26(4,19-10-11-19)32(17-22(27)28)15-18-8-6-5-7-9-18/h5-9,14,19,22H,10-13,15-17H2,1-4H3,(H,30,34). The van der Waals surface area contributed by atoms with Gasteiger partial charge in [-0.15, -0.1) is 0 Å². The number of rotatable bonds is 8. The highest BCUT2D eigenvalue weighted by atomic mass is 19.3. The Bertz CT molecular complexity index is 1080. The van der Waals surface area contributed by atoms with Gasteiger partial charge in [-0.3, -0.25) is 14.4 Å². The zero-order chi connectivity index (χ0) is 26.1. The first kappa shape index (κ1) is 26.1. The Labute approximate surface area is 210 Å². The fourth-order valence-corrected chi connectivity index (χ4v) is 4.69. The molecule has 1 aliphatic heterocycles. The average molecular weight is 504 g/mol. The first-order chi connectivity index (χ1) is 17.0. The van der Waals surface area contributed by atoms with Crippen molar-refractivity contribution in [2.75, 3.05) is 13.1 Å². The van der Waals surface area contributed by atoms with Crippen molar-refractivity contribution in [1.29, 1.82) is 0 Å². The third-order valence-electron chi connectivity index (χ3n) is 6.74. The minimum Gasteiger partial charge on any atom is -0.444 e. The number of carbonyl (C=O) groups excluding carboxylic acids is 2. The summed E-state index contributed by atoms with van der Waals surface area (Å²) in [7, 11) is 0. The largest absolute Gasteiger partial charge is 0.444 e. The van der Waals surface area contributed by atoms with Gasteiger partial charge in [0.1, 0.15) is 5.60 Å². The molecule has 0 radical (unpaired) electrons. The zero-order valence-corrected chi connectivity index (χ0v) is 21.3. The maximum atomic E-state index is 13.7. The Kier molecular flexibility index (Phi) is 7.36. The van der Waals surface area contributed by atoms with Crippen LogP contribution in [0.4, 0.5) is 13.6 Å². The maximum Gasteiger partial charge on any atom is 0.410 e. The summed E-state index contributed by atoms with van der Waals surface area (Å²) in [6, 6.07) is 9.42. The van der Waals surface area contributed by atoms with Gasteiger partial charge in [-0.25, -0.2) is 13.6 Å². The van der Waals surface area contributed by atoms with Crippen molar-refractivity contribution in [1.82, 2.24) is 24.9 Å². The number of fused-ring (bicyclic) bond motifs is 1. The van der Waals surface area contributed by atoms with Gasteiger partial charge < -0.3 is 15.0 Å². The molecule has 1 unspecified atom stereocenters. The lowest BCUT2D eigenvalue weighted by atomic mass is 10.0. The molecule has 10 heteroatoms. The van der Waals surface area contributed by atoms with Crippen LogP contribution in [-0.4, -0.2) is 62.4 Å². The van der Waals surface area contributed by atoms with E-state index in [9.17, 15) is 18.4 Å². The highest BCUT2D eigenvalue weighted by molar-refractivity contribution is 5.95. The van der Waals surface area contributed by atoms with Crippen molar-refractivity contribution in [2.45, 2.75) is 77.9 Å². The van der Waals surface area contributed by atoms with Crippen LogP contribution >= 0.6 is 0 Å². The summed E-state index contributed by atoms with van der Waals surface area (Å²) in [6.45, 7) is 8.11. The molecule has 1 aliphatic carbocycles. The molecule has 196 valence electrons. The Morgan fingerprint density at radius 3 is 2.47 bits per heavy atom. The fraction of sp³-hybridized carbons (Fsp3) is 0.577. The smallest absolute Gasteiger partial charge is 0.410 e. The van der Waals surface area contributed by atoms with Crippen molar-refractivity contribution in [2.24, 2.45) is 5.92 Å². The van der Waals surface area contributed by atoms with Gasteiger partial charge in [0.15, 0.2) is 0 Å². The van der Waals surface area contributed by atoms with Gasteiger partial charge in [-0.1, -0.05) is 30.3 Å². The molecule has 1 fully saturated rings. The Morgan fingerprint density at radius 1 is 1.17 bits per heavy atom. The number of benzene rings is 1. The van der Waals surface area contributed by atoms with Gasteiger partial charge in [0, 0.05) is 13.1 Å². The lowest BCUT2D eigenvalue weighted by Crippen LogP contribution is -2.61. The van der Waals surface area contributed by atoms with E-state index in [0.717, 1.165) is 18.4 Å². The lowest BCUT2D eigenvalue weighted by Gasteiger charge is -2.42. The molecule has 36 heavy (non-hydrogen) atoms. The molecule has 0 spiro atoms. The number of carbonyl (C=O) groups is 2. The van der Waals surface area contributed by atoms with Crippen LogP contribution in [0.1, 0.15) is 62.2 Å². The summed E-state index contributed by atoms with van der Waals surface area (Å²) < 4.78 is 34.5. The Balaban J connectivity index is 1.55. The highest BCUT2D eigenvalue weighted by Crippen LogP contribution is 2.42. The van der Waals surface area contributed by atoms with Crippen LogP contribution in [0.3, 0.4) is 0 Å². The van der Waals surface area contributed by atoms with Crippen molar-refractivity contribution >= 4 is 12.0 Å². The molecule has 2 heterocycles. The Hall–Kier alpha value is -3.01. The second-order valence-electron chi connectivity index (χ2n) is 10.8. The third kappa shape index (κ3) is 6.03. The molecule has 2 amide bonds. The maximum absolute atomic E-state index is 13.7. The van der Waals surface area contributed by atoms with E-state index >= 15 is 0 Å². The van der Waals surface area contributed by atoms with E-state index in [4.69, 9.17) is 4.74 Å². The lowest BCUT2D eigenvalue weighted by molar-refractivity contribution is -0.00767. The van der Waals surface area contributed by atoms with Gasteiger partial charge in [0.2, 0.25) is 0 Å². The van der Waals surface area contributed by atoms with Gasteiger partial charge in [-0.2, -0.15) is 5.10 Å². The molecule has 2 aliphatic rings. The first-order valence-corrected chi connectivity index (χ1v) is 12.4. The number of nitrogens with zero attached hydrogens (tertiary/aromatic N) is 4. The SMILES string of the molecule is CC(C)(C)OC(=O)N1CCn2ncc(C(=O)NC(C)(C3CC3)N(Cc3ccccc3)CC(F)F)c2C1. The van der Waals surface area contributed by atoms with Crippen molar-refractivity contribution in [3.05, 3.63) is 53.3 Å². The number of alkyl halides is 2. The summed E-state index contributed by atoms with van der Waals surface area (Å²) >= 11 is 0. The van der Waals surface area contributed by atoms with E-state index in [2.05, 4.69) is 10.4 Å². The predicted octanol–water partition coefficient (Wildman–Crippen LogP) is 4.26. The number of ether oxygens (including phenoxy) is 1. The van der Waals surface area contributed by atoms with Crippen LogP contribution in [0.15, 0.2) is 36.5 Å². The topological polar surface area (TPSA) is 79.7 Å². The quantitative estimate of drug-likeness (QED) is 0.545. The minimum atomic E-state index is -2.55. The minimum absolute atomic E-state index is 0.0635. The van der Waals surface area contributed by atoms with E-state index in [1.54, 1.807) is 35.3 Å². The Morgan fingerprint density at radius 2 is 1.86 bits per heavy atom. The molecule has 1 aromatic heterocycles. The summed E-state index contributed by atoms with van der Waals surface area (Å²) in [6.07, 6.45) is 0.198. The number of hydrogen-bond acceptors (Lipinski definition) is 5. The number of nitrogens with one attached hydrogen (secondary N) is 1. The monoisotopic (exact) mass is 503 g/mol. The number of hydrogen-bond donors (Lipinski definition) is 1. The molecule has 1 atom stereocenters. The molecule has 2 aromatic rings. The van der Waals surface area contributed by atoms with Crippen LogP contribution < -0.4 is 5.32 Å². The number of halogens is 2. The molecule has 1 saturated carbocycles. The van der Waals surface area contributed by atoms with Gasteiger partial charge in [0.05, 0.1) is 42.8 Å². The number of aromatic nitrogens is 2. The summed E-state index contributed by atoms with van der Waals surface area (Å²) in [5.41, 5.74) is 0.249. The van der Waals surface area contributed by atoms with Crippen LogP contribution in [0, 0.1) is 5.92 Å². The van der Waals surface area contributed by atoms with Gasteiger partial charge >= 0.3 is 6.09 Å². The fourth-order valence-electron chi connectivity index (χ4n) is 4.69. The number of amides is 2. The van der Waals surface area contributed by atoms with Crippen molar-refractivity contribution in [3.63, 3.8) is 0 Å². The molecule has 0 saturated heterocycles. The van der Waals surface area contributed by atoms with E-state index < -0.39 is 30.3 Å². The third-order valence-corrected chi connectivity index (χ3v) is 6.74. The first-order valence-electron chi connectivity index (χ1n) is 12.4.